The van der Waals surface area contributed by atoms with Crippen molar-refractivity contribution in [2.75, 3.05) is 31.6 Å². The van der Waals surface area contributed by atoms with E-state index in [1.54, 1.807) is 12.1 Å². The smallest absolute Gasteiger partial charge is 0.167 e. The number of anilines is 1. The molecule has 0 aromatic heterocycles. The van der Waals surface area contributed by atoms with E-state index in [1.807, 2.05) is 24.3 Å². The van der Waals surface area contributed by atoms with E-state index < -0.39 is 0 Å². The average molecular weight is 286 g/mol. The van der Waals surface area contributed by atoms with Crippen molar-refractivity contribution in [1.82, 2.24) is 5.32 Å². The van der Waals surface area contributed by atoms with Gasteiger partial charge >= 0.3 is 0 Å². The van der Waals surface area contributed by atoms with Gasteiger partial charge in [0, 0.05) is 37.4 Å². The van der Waals surface area contributed by atoms with Gasteiger partial charge in [0.15, 0.2) is 11.6 Å². The van der Waals surface area contributed by atoms with Crippen LogP contribution in [0.2, 0.25) is 0 Å². The van der Waals surface area contributed by atoms with Crippen LogP contribution in [0.4, 0.5) is 10.1 Å². The van der Waals surface area contributed by atoms with Crippen molar-refractivity contribution in [2.24, 2.45) is 0 Å². The summed E-state index contributed by atoms with van der Waals surface area (Å²) in [4.78, 5) is 2.21. The third-order valence-corrected chi connectivity index (χ3v) is 3.88. The first-order chi connectivity index (χ1) is 10.3. The fourth-order valence-corrected chi connectivity index (χ4v) is 2.75. The summed E-state index contributed by atoms with van der Waals surface area (Å²) < 4.78 is 18.8. The molecule has 3 rings (SSSR count). The second-order valence-electron chi connectivity index (χ2n) is 5.18. The molecule has 0 saturated carbocycles. The van der Waals surface area contributed by atoms with Gasteiger partial charge in [-0.1, -0.05) is 30.3 Å². The van der Waals surface area contributed by atoms with Gasteiger partial charge in [-0.3, -0.25) is 0 Å². The molecule has 1 saturated heterocycles. The van der Waals surface area contributed by atoms with Gasteiger partial charge < -0.3 is 15.0 Å². The van der Waals surface area contributed by atoms with Crippen LogP contribution in [0.25, 0.3) is 0 Å². The molecule has 1 unspecified atom stereocenters. The van der Waals surface area contributed by atoms with Crippen LogP contribution in [0.1, 0.15) is 11.6 Å². The van der Waals surface area contributed by atoms with Crippen LogP contribution in [0.3, 0.4) is 0 Å². The number of methoxy groups -OCH3 is 1. The van der Waals surface area contributed by atoms with Crippen LogP contribution in [-0.4, -0.2) is 26.7 Å². The van der Waals surface area contributed by atoms with Crippen LogP contribution in [0.15, 0.2) is 48.5 Å². The van der Waals surface area contributed by atoms with Gasteiger partial charge in [-0.15, -0.1) is 0 Å². The molecule has 21 heavy (non-hydrogen) atoms. The van der Waals surface area contributed by atoms with E-state index in [0.717, 1.165) is 25.3 Å². The first kappa shape index (κ1) is 13.9. The zero-order chi connectivity index (χ0) is 14.7. The Balaban J connectivity index is 1.78. The number of piperazine rings is 1. The molecule has 1 fully saturated rings. The summed E-state index contributed by atoms with van der Waals surface area (Å²) in [5, 5.41) is 3.51. The van der Waals surface area contributed by atoms with Gasteiger partial charge in [-0.2, -0.15) is 0 Å². The standard InChI is InChI=1S/C17H19FN2O/c1-21-17-8-7-14(11-15(17)18)20-10-9-19-16(12-20)13-5-3-2-4-6-13/h2-8,11,16,19H,9-10,12H2,1H3. The minimum atomic E-state index is -0.315. The van der Waals surface area contributed by atoms with Crippen LogP contribution in [-0.2, 0) is 0 Å². The van der Waals surface area contributed by atoms with Gasteiger partial charge in [-0.05, 0) is 17.7 Å². The maximum atomic E-state index is 13.9. The molecule has 1 atom stereocenters. The molecular formula is C17H19FN2O. The van der Waals surface area contributed by atoms with E-state index in [9.17, 15) is 4.39 Å². The third kappa shape index (κ3) is 3.00. The van der Waals surface area contributed by atoms with Gasteiger partial charge in [0.2, 0.25) is 0 Å². The molecular weight excluding hydrogens is 267 g/mol. The van der Waals surface area contributed by atoms with E-state index in [2.05, 4.69) is 22.3 Å². The summed E-state index contributed by atoms with van der Waals surface area (Å²) >= 11 is 0. The molecule has 1 heterocycles. The SMILES string of the molecule is COc1ccc(N2CCNC(c3ccccc3)C2)cc1F. The second-order valence-corrected chi connectivity index (χ2v) is 5.18. The highest BCUT2D eigenvalue weighted by Crippen LogP contribution is 2.26. The number of ether oxygens (including phenoxy) is 1. The minimum Gasteiger partial charge on any atom is -0.494 e. The molecule has 0 radical (unpaired) electrons. The zero-order valence-corrected chi connectivity index (χ0v) is 12.1. The predicted molar refractivity (Wildman–Crippen MR) is 82.4 cm³/mol. The van der Waals surface area contributed by atoms with Crippen molar-refractivity contribution < 1.29 is 9.13 Å². The Morgan fingerprint density at radius 2 is 2.00 bits per heavy atom. The molecule has 3 nitrogen and oxygen atoms in total. The normalized spacial score (nSPS) is 18.6. The fraction of sp³-hybridized carbons (Fsp3) is 0.294. The maximum absolute atomic E-state index is 13.9. The van der Waals surface area contributed by atoms with E-state index in [4.69, 9.17) is 4.74 Å². The summed E-state index contributed by atoms with van der Waals surface area (Å²) in [6.07, 6.45) is 0. The molecule has 1 aliphatic rings. The van der Waals surface area contributed by atoms with Gasteiger partial charge in [0.25, 0.3) is 0 Å². The summed E-state index contributed by atoms with van der Waals surface area (Å²) in [6.45, 7) is 2.58. The Morgan fingerprint density at radius 3 is 2.71 bits per heavy atom. The Morgan fingerprint density at radius 1 is 1.19 bits per heavy atom. The van der Waals surface area contributed by atoms with Gasteiger partial charge in [0.1, 0.15) is 0 Å². The fourth-order valence-electron chi connectivity index (χ4n) is 2.75. The van der Waals surface area contributed by atoms with E-state index in [0.29, 0.717) is 0 Å². The number of hydrogen-bond donors (Lipinski definition) is 1. The number of hydrogen-bond acceptors (Lipinski definition) is 3. The first-order valence-electron chi connectivity index (χ1n) is 7.15. The molecule has 0 bridgehead atoms. The molecule has 2 aromatic rings. The van der Waals surface area contributed by atoms with Gasteiger partial charge in [0.05, 0.1) is 7.11 Å². The number of halogens is 1. The topological polar surface area (TPSA) is 24.5 Å². The Hall–Kier alpha value is -2.07. The molecule has 4 heteroatoms. The monoisotopic (exact) mass is 286 g/mol. The highest BCUT2D eigenvalue weighted by Gasteiger charge is 2.21. The van der Waals surface area contributed by atoms with Crippen LogP contribution >= 0.6 is 0 Å². The quantitative estimate of drug-likeness (QED) is 0.939. The highest BCUT2D eigenvalue weighted by molar-refractivity contribution is 5.50. The zero-order valence-electron chi connectivity index (χ0n) is 12.1. The lowest BCUT2D eigenvalue weighted by molar-refractivity contribution is 0.386. The average Bonchev–Trinajstić information content (AvgIpc) is 2.56. The van der Waals surface area contributed by atoms with E-state index in [1.165, 1.54) is 12.7 Å². The summed E-state index contributed by atoms with van der Waals surface area (Å²) in [5.41, 5.74) is 2.16. The summed E-state index contributed by atoms with van der Waals surface area (Å²) in [5.74, 6) is -0.0294. The molecule has 0 spiro atoms. The third-order valence-electron chi connectivity index (χ3n) is 3.88. The number of nitrogens with one attached hydrogen (secondary N) is 1. The Bertz CT molecular complexity index is 603. The molecule has 110 valence electrons. The van der Waals surface area contributed by atoms with Crippen molar-refractivity contribution in [3.05, 3.63) is 59.9 Å². The summed E-state index contributed by atoms with van der Waals surface area (Å²) in [7, 11) is 1.48. The lowest BCUT2D eigenvalue weighted by atomic mass is 10.0. The number of nitrogens with zero attached hydrogens (tertiary/aromatic N) is 1. The lowest BCUT2D eigenvalue weighted by Gasteiger charge is -2.35. The number of rotatable bonds is 3. The molecule has 0 aliphatic carbocycles. The van der Waals surface area contributed by atoms with Crippen molar-refractivity contribution >= 4 is 5.69 Å². The summed E-state index contributed by atoms with van der Waals surface area (Å²) in [6, 6.07) is 15.8. The largest absolute Gasteiger partial charge is 0.494 e. The van der Waals surface area contributed by atoms with Crippen LogP contribution in [0, 0.1) is 5.82 Å². The molecule has 1 aliphatic heterocycles. The van der Waals surface area contributed by atoms with Crippen molar-refractivity contribution in [3.63, 3.8) is 0 Å². The van der Waals surface area contributed by atoms with Crippen LogP contribution in [0.5, 0.6) is 5.75 Å². The maximum Gasteiger partial charge on any atom is 0.167 e. The highest BCUT2D eigenvalue weighted by atomic mass is 19.1. The first-order valence-corrected chi connectivity index (χ1v) is 7.15. The van der Waals surface area contributed by atoms with E-state index in [-0.39, 0.29) is 17.6 Å². The predicted octanol–water partition coefficient (Wildman–Crippen LogP) is 2.99. The van der Waals surface area contributed by atoms with Crippen LogP contribution < -0.4 is 15.0 Å². The second kappa shape index (κ2) is 6.14. The molecule has 1 N–H and O–H groups in total. The molecule has 0 amide bonds. The van der Waals surface area contributed by atoms with Crippen molar-refractivity contribution in [1.29, 1.82) is 0 Å². The lowest BCUT2D eigenvalue weighted by Crippen LogP contribution is -2.45. The minimum absolute atomic E-state index is 0.269. The molecule has 2 aromatic carbocycles. The van der Waals surface area contributed by atoms with E-state index >= 15 is 0 Å². The van der Waals surface area contributed by atoms with Gasteiger partial charge in [-0.25, -0.2) is 4.39 Å². The Kier molecular flexibility index (Phi) is 4.06. The van der Waals surface area contributed by atoms with Crippen molar-refractivity contribution in [2.45, 2.75) is 6.04 Å². The number of benzene rings is 2. The Labute approximate surface area is 124 Å². The van der Waals surface area contributed by atoms with Crippen molar-refractivity contribution in [3.8, 4) is 5.75 Å².